The molecule has 0 saturated carbocycles. The number of ether oxygens (including phenoxy) is 1. The van der Waals surface area contributed by atoms with Crippen molar-refractivity contribution in [2.45, 2.75) is 26.9 Å². The number of nitrogens with one attached hydrogen (secondary N) is 1. The highest BCUT2D eigenvalue weighted by atomic mass is 16.5. The Morgan fingerprint density at radius 1 is 1.28 bits per heavy atom. The second-order valence-corrected chi connectivity index (χ2v) is 5.23. The van der Waals surface area contributed by atoms with Crippen LogP contribution in [0.15, 0.2) is 12.1 Å². The Kier molecular flexibility index (Phi) is 4.25. The van der Waals surface area contributed by atoms with Crippen LogP contribution in [0.25, 0.3) is 0 Å². The van der Waals surface area contributed by atoms with Gasteiger partial charge >= 0.3 is 0 Å². The number of nitrogens with zero attached hydrogens (tertiary/aromatic N) is 1. The maximum absolute atomic E-state index is 5.76. The number of benzene rings is 1. The highest BCUT2D eigenvalue weighted by Crippen LogP contribution is 2.24. The van der Waals surface area contributed by atoms with Crippen LogP contribution >= 0.6 is 0 Å². The van der Waals surface area contributed by atoms with E-state index in [1.165, 1.54) is 22.4 Å². The van der Waals surface area contributed by atoms with Gasteiger partial charge in [0.05, 0.1) is 12.7 Å². The van der Waals surface area contributed by atoms with E-state index in [1.54, 1.807) is 0 Å². The second-order valence-electron chi connectivity index (χ2n) is 5.23. The van der Waals surface area contributed by atoms with E-state index in [-0.39, 0.29) is 0 Å². The Morgan fingerprint density at radius 3 is 2.72 bits per heavy atom. The van der Waals surface area contributed by atoms with E-state index in [1.807, 2.05) is 0 Å². The zero-order valence-electron chi connectivity index (χ0n) is 11.9. The summed E-state index contributed by atoms with van der Waals surface area (Å²) in [6.07, 6.45) is 0.296. The first-order valence-electron chi connectivity index (χ1n) is 6.70. The SMILES string of the molecule is Cc1ccc(N(C)CC2CNCCO2)c(C)c1C. The van der Waals surface area contributed by atoms with E-state index in [0.717, 1.165) is 26.2 Å². The van der Waals surface area contributed by atoms with Crippen molar-refractivity contribution in [3.8, 4) is 0 Å². The van der Waals surface area contributed by atoms with Crippen molar-refractivity contribution < 1.29 is 4.74 Å². The van der Waals surface area contributed by atoms with Gasteiger partial charge in [0.2, 0.25) is 0 Å². The minimum Gasteiger partial charge on any atom is -0.374 e. The lowest BCUT2D eigenvalue weighted by Gasteiger charge is -2.30. The van der Waals surface area contributed by atoms with Gasteiger partial charge in [0.25, 0.3) is 0 Å². The van der Waals surface area contributed by atoms with Gasteiger partial charge in [-0.25, -0.2) is 0 Å². The van der Waals surface area contributed by atoms with E-state index in [4.69, 9.17) is 4.74 Å². The molecule has 1 N–H and O–H groups in total. The third-order valence-corrected chi connectivity index (χ3v) is 3.92. The number of aryl methyl sites for hydroxylation is 1. The smallest absolute Gasteiger partial charge is 0.0874 e. The molecule has 0 aliphatic carbocycles. The van der Waals surface area contributed by atoms with Gasteiger partial charge < -0.3 is 15.0 Å². The standard InChI is InChI=1S/C15H24N2O/c1-11-5-6-15(13(3)12(11)2)17(4)10-14-9-16-7-8-18-14/h5-6,14,16H,7-10H2,1-4H3. The van der Waals surface area contributed by atoms with Crippen LogP contribution in [0.3, 0.4) is 0 Å². The lowest BCUT2D eigenvalue weighted by molar-refractivity contribution is 0.0340. The molecule has 3 nitrogen and oxygen atoms in total. The molecule has 0 bridgehead atoms. The molecule has 0 aromatic heterocycles. The number of anilines is 1. The molecule has 1 fully saturated rings. The van der Waals surface area contributed by atoms with Crippen molar-refractivity contribution in [3.63, 3.8) is 0 Å². The van der Waals surface area contributed by atoms with Crippen LogP contribution in [-0.4, -0.2) is 39.4 Å². The number of hydrogen-bond donors (Lipinski definition) is 1. The second kappa shape index (κ2) is 5.72. The summed E-state index contributed by atoms with van der Waals surface area (Å²) < 4.78 is 5.76. The van der Waals surface area contributed by atoms with Crippen molar-refractivity contribution in [1.82, 2.24) is 5.32 Å². The molecule has 1 unspecified atom stereocenters. The van der Waals surface area contributed by atoms with Gasteiger partial charge in [-0.1, -0.05) is 6.07 Å². The summed E-state index contributed by atoms with van der Waals surface area (Å²) in [5.74, 6) is 0. The quantitative estimate of drug-likeness (QED) is 0.886. The fourth-order valence-electron chi connectivity index (χ4n) is 2.50. The number of hydrogen-bond acceptors (Lipinski definition) is 3. The fraction of sp³-hybridized carbons (Fsp3) is 0.600. The molecule has 1 aromatic carbocycles. The van der Waals surface area contributed by atoms with E-state index in [0.29, 0.717) is 6.10 Å². The molecule has 100 valence electrons. The van der Waals surface area contributed by atoms with Crippen molar-refractivity contribution in [2.75, 3.05) is 38.2 Å². The monoisotopic (exact) mass is 248 g/mol. The molecule has 0 radical (unpaired) electrons. The molecule has 0 spiro atoms. The van der Waals surface area contributed by atoms with E-state index in [9.17, 15) is 0 Å². The van der Waals surface area contributed by atoms with Crippen molar-refractivity contribution >= 4 is 5.69 Å². The van der Waals surface area contributed by atoms with Crippen molar-refractivity contribution in [2.24, 2.45) is 0 Å². The van der Waals surface area contributed by atoms with E-state index < -0.39 is 0 Å². The molecule has 1 heterocycles. The summed E-state index contributed by atoms with van der Waals surface area (Å²) in [5, 5.41) is 3.38. The summed E-state index contributed by atoms with van der Waals surface area (Å²) in [6.45, 7) is 10.3. The first-order chi connectivity index (χ1) is 8.59. The fourth-order valence-corrected chi connectivity index (χ4v) is 2.50. The Hall–Kier alpha value is -1.06. The summed E-state index contributed by atoms with van der Waals surface area (Å²) >= 11 is 0. The van der Waals surface area contributed by atoms with E-state index in [2.05, 4.69) is 50.2 Å². The Labute approximate surface area is 110 Å². The van der Waals surface area contributed by atoms with Gasteiger partial charge in [0.1, 0.15) is 0 Å². The average molecular weight is 248 g/mol. The molecule has 1 aliphatic rings. The zero-order valence-corrected chi connectivity index (χ0v) is 11.9. The van der Waals surface area contributed by atoms with E-state index >= 15 is 0 Å². The van der Waals surface area contributed by atoms with Crippen LogP contribution in [0.2, 0.25) is 0 Å². The average Bonchev–Trinajstić information content (AvgIpc) is 2.37. The molecule has 1 saturated heterocycles. The summed E-state index contributed by atoms with van der Waals surface area (Å²) in [6, 6.07) is 4.42. The number of rotatable bonds is 3. The summed E-state index contributed by atoms with van der Waals surface area (Å²) in [7, 11) is 2.15. The van der Waals surface area contributed by atoms with Crippen LogP contribution in [0.1, 0.15) is 16.7 Å². The molecule has 1 atom stereocenters. The normalized spacial score (nSPS) is 19.9. The lowest BCUT2D eigenvalue weighted by atomic mass is 10.0. The van der Waals surface area contributed by atoms with Crippen LogP contribution in [0, 0.1) is 20.8 Å². The number of likely N-dealkylation sites (N-methyl/N-ethyl adjacent to an activating group) is 1. The predicted molar refractivity (Wildman–Crippen MR) is 76.5 cm³/mol. The molecule has 3 heteroatoms. The highest BCUT2D eigenvalue weighted by Gasteiger charge is 2.17. The van der Waals surface area contributed by atoms with Gasteiger partial charge in [-0.05, 0) is 43.5 Å². The topological polar surface area (TPSA) is 24.5 Å². The van der Waals surface area contributed by atoms with Gasteiger partial charge in [0.15, 0.2) is 0 Å². The third kappa shape index (κ3) is 2.85. The van der Waals surface area contributed by atoms with Crippen molar-refractivity contribution in [3.05, 3.63) is 28.8 Å². The molecule has 0 amide bonds. The maximum Gasteiger partial charge on any atom is 0.0874 e. The Bertz CT molecular complexity index is 411. The third-order valence-electron chi connectivity index (χ3n) is 3.92. The predicted octanol–water partition coefficient (Wildman–Crippen LogP) is 2.04. The maximum atomic E-state index is 5.76. The first kappa shape index (κ1) is 13.4. The minimum atomic E-state index is 0.296. The van der Waals surface area contributed by atoms with Gasteiger partial charge in [-0.2, -0.15) is 0 Å². The van der Waals surface area contributed by atoms with Crippen molar-refractivity contribution in [1.29, 1.82) is 0 Å². The largest absolute Gasteiger partial charge is 0.374 e. The number of morpholine rings is 1. The molecular weight excluding hydrogens is 224 g/mol. The van der Waals surface area contributed by atoms with Crippen LogP contribution in [0.4, 0.5) is 5.69 Å². The highest BCUT2D eigenvalue weighted by molar-refractivity contribution is 5.57. The summed E-state index contributed by atoms with van der Waals surface area (Å²) in [5.41, 5.74) is 5.44. The zero-order chi connectivity index (χ0) is 13.1. The lowest BCUT2D eigenvalue weighted by Crippen LogP contribution is -2.44. The molecule has 1 aromatic rings. The molecule has 18 heavy (non-hydrogen) atoms. The first-order valence-corrected chi connectivity index (χ1v) is 6.70. The Morgan fingerprint density at radius 2 is 2.06 bits per heavy atom. The molecule has 2 rings (SSSR count). The summed E-state index contributed by atoms with van der Waals surface area (Å²) in [4.78, 5) is 2.31. The molecular formula is C15H24N2O. The van der Waals surface area contributed by atoms with Gasteiger partial charge in [-0.15, -0.1) is 0 Å². The minimum absolute atomic E-state index is 0.296. The molecule has 1 aliphatic heterocycles. The van der Waals surface area contributed by atoms with Crippen LogP contribution in [0.5, 0.6) is 0 Å². The van der Waals surface area contributed by atoms with Gasteiger partial charge in [-0.3, -0.25) is 0 Å². The van der Waals surface area contributed by atoms with Crippen LogP contribution < -0.4 is 10.2 Å². The van der Waals surface area contributed by atoms with Crippen LogP contribution in [-0.2, 0) is 4.74 Å². The Balaban J connectivity index is 2.08. The van der Waals surface area contributed by atoms with Gasteiger partial charge in [0, 0.05) is 32.4 Å².